The Bertz CT molecular complexity index is 904. The van der Waals surface area contributed by atoms with Gasteiger partial charge in [-0.25, -0.2) is 10.0 Å². The first-order chi connectivity index (χ1) is 13.3. The van der Waals surface area contributed by atoms with Gasteiger partial charge < -0.3 is 10.6 Å². The van der Waals surface area contributed by atoms with Crippen LogP contribution in [0, 0.1) is 0 Å². The smallest absolute Gasteiger partial charge is 0.386 e. The second-order valence-electron chi connectivity index (χ2n) is 5.55. The number of oxime groups is 1. The second kappa shape index (κ2) is 8.47. The van der Waals surface area contributed by atoms with Crippen LogP contribution >= 0.6 is 11.3 Å². The summed E-state index contributed by atoms with van der Waals surface area (Å²) >= 11 is 0.930. The van der Waals surface area contributed by atoms with Crippen LogP contribution in [0.25, 0.3) is 0 Å². The Balaban J connectivity index is 2.16. The molecule has 0 aromatic carbocycles. The zero-order valence-electron chi connectivity index (χ0n) is 14.4. The van der Waals surface area contributed by atoms with Crippen molar-refractivity contribution in [3.05, 3.63) is 5.38 Å². The van der Waals surface area contributed by atoms with Crippen LogP contribution in [0.5, 0.6) is 0 Å². The fourth-order valence-corrected chi connectivity index (χ4v) is 3.04. The number of alkyl halides is 3. The lowest BCUT2D eigenvalue weighted by molar-refractivity contribution is -0.222. The van der Waals surface area contributed by atoms with Gasteiger partial charge in [-0.2, -0.15) is 21.6 Å². The summed E-state index contributed by atoms with van der Waals surface area (Å²) in [4.78, 5) is 38.1. The van der Waals surface area contributed by atoms with Gasteiger partial charge in [0.25, 0.3) is 21.9 Å². The molecule has 2 rings (SSSR count). The van der Waals surface area contributed by atoms with E-state index in [0.717, 1.165) is 16.2 Å². The summed E-state index contributed by atoms with van der Waals surface area (Å²) in [6.07, 6.45) is -4.24. The highest BCUT2D eigenvalue weighted by molar-refractivity contribution is 7.85. The van der Waals surface area contributed by atoms with Crippen LogP contribution in [0.2, 0.25) is 0 Å². The predicted octanol–water partition coefficient (Wildman–Crippen LogP) is -0.000800. The van der Waals surface area contributed by atoms with Gasteiger partial charge in [0.05, 0.1) is 6.04 Å². The number of nitrogens with two attached hydrogens (primary N) is 1. The predicted molar refractivity (Wildman–Crippen MR) is 92.1 cm³/mol. The Hall–Kier alpha value is -2.50. The Morgan fingerprint density at radius 3 is 2.69 bits per heavy atom. The Kier molecular flexibility index (Phi) is 6.66. The van der Waals surface area contributed by atoms with Crippen LogP contribution in [0.4, 0.5) is 24.1 Å². The van der Waals surface area contributed by atoms with Crippen molar-refractivity contribution < 1.29 is 45.4 Å². The lowest BCUT2D eigenvalue weighted by atomic mass is 9.98. The fraction of sp³-hybridized carbons (Fsp3) is 0.500. The van der Waals surface area contributed by atoms with Crippen molar-refractivity contribution in [3.8, 4) is 0 Å². The molecule has 2 amide bonds. The average Bonchev–Trinajstić information content (AvgIpc) is 3.00. The zero-order chi connectivity index (χ0) is 22.0. The van der Waals surface area contributed by atoms with Crippen molar-refractivity contribution >= 4 is 50.4 Å². The van der Waals surface area contributed by atoms with Crippen molar-refractivity contribution in [1.29, 1.82) is 0 Å². The highest BCUT2D eigenvalue weighted by atomic mass is 32.2. The highest BCUT2D eigenvalue weighted by Crippen LogP contribution is 2.31. The van der Waals surface area contributed by atoms with E-state index in [-0.39, 0.29) is 10.9 Å². The van der Waals surface area contributed by atoms with E-state index in [1.54, 1.807) is 0 Å². The Morgan fingerprint density at radius 2 is 2.21 bits per heavy atom. The summed E-state index contributed by atoms with van der Waals surface area (Å²) in [6, 6.07) is -2.15. The summed E-state index contributed by atoms with van der Waals surface area (Å²) in [5, 5.41) is 4.91. The third-order valence-electron chi connectivity index (χ3n) is 3.38. The molecule has 0 radical (unpaired) electrons. The van der Waals surface area contributed by atoms with Gasteiger partial charge in [-0.1, -0.05) is 5.16 Å². The molecule has 162 valence electrons. The number of thiazole rings is 1. The molecule has 1 saturated heterocycles. The van der Waals surface area contributed by atoms with E-state index in [4.69, 9.17) is 10.3 Å². The molecule has 1 aromatic heterocycles. The van der Waals surface area contributed by atoms with Gasteiger partial charge in [0, 0.05) is 5.38 Å². The van der Waals surface area contributed by atoms with E-state index in [0.29, 0.717) is 11.3 Å². The summed E-state index contributed by atoms with van der Waals surface area (Å²) in [5.41, 5.74) is 5.51. The van der Waals surface area contributed by atoms with E-state index in [9.17, 15) is 31.2 Å². The first-order valence-corrected chi connectivity index (χ1v) is 9.96. The largest absolute Gasteiger partial charge is 0.425 e. The topological polar surface area (TPSA) is 165 Å². The SMILES string of the molecule is C[C@H]1[C@H](N(C(=O)C=NOCC(F)(F)F)c2csc(N)n2)C(=O)N1OCS(=O)(=O)O. The van der Waals surface area contributed by atoms with Crippen LogP contribution in [0.15, 0.2) is 10.5 Å². The molecule has 0 saturated carbocycles. The van der Waals surface area contributed by atoms with Gasteiger partial charge in [0.2, 0.25) is 12.5 Å². The molecule has 1 fully saturated rings. The Morgan fingerprint density at radius 1 is 1.55 bits per heavy atom. The number of carbonyl (C=O) groups is 2. The standard InChI is InChI=1S/C12H14F3N5O7S2/c1-6-9(10(22)20(6)27-5-29(23,24)25)19(7-3-28-11(16)18-7)8(21)2-17-26-4-12(13,14)15/h2-3,6,9H,4-5H2,1H3,(H2,16,18)(H,23,24,25)/t6-,9-/m0/s1. The first kappa shape index (κ1) is 22.8. The minimum atomic E-state index is -4.66. The quantitative estimate of drug-likeness (QED) is 0.235. The van der Waals surface area contributed by atoms with E-state index in [1.165, 1.54) is 12.3 Å². The molecule has 2 atom stereocenters. The van der Waals surface area contributed by atoms with Gasteiger partial charge in [-0.15, -0.1) is 11.3 Å². The van der Waals surface area contributed by atoms with Crippen molar-refractivity contribution in [1.82, 2.24) is 10.0 Å². The molecule has 1 aliphatic heterocycles. The maximum absolute atomic E-state index is 12.4. The van der Waals surface area contributed by atoms with Crippen molar-refractivity contribution in [3.63, 3.8) is 0 Å². The lowest BCUT2D eigenvalue weighted by Gasteiger charge is -2.47. The van der Waals surface area contributed by atoms with E-state index < -0.39 is 52.7 Å². The number of amides is 2. The third kappa shape index (κ3) is 5.99. The molecule has 0 unspecified atom stereocenters. The summed E-state index contributed by atoms with van der Waals surface area (Å²) in [7, 11) is -4.53. The number of halogens is 3. The number of carbonyl (C=O) groups excluding carboxylic acids is 2. The molecular weight excluding hydrogens is 447 g/mol. The minimum absolute atomic E-state index is 0.0435. The fourth-order valence-electron chi connectivity index (χ4n) is 2.25. The van der Waals surface area contributed by atoms with Gasteiger partial charge in [-0.05, 0) is 6.92 Å². The van der Waals surface area contributed by atoms with Crippen molar-refractivity contribution in [2.24, 2.45) is 5.16 Å². The Labute approximate surface area is 165 Å². The van der Waals surface area contributed by atoms with Crippen LogP contribution in [-0.2, 0) is 29.4 Å². The first-order valence-electron chi connectivity index (χ1n) is 7.47. The van der Waals surface area contributed by atoms with Gasteiger partial charge >= 0.3 is 6.18 Å². The van der Waals surface area contributed by atoms with Crippen molar-refractivity contribution in [2.45, 2.75) is 25.2 Å². The average molecular weight is 461 g/mol. The van der Waals surface area contributed by atoms with Crippen LogP contribution in [0.3, 0.4) is 0 Å². The summed E-state index contributed by atoms with van der Waals surface area (Å²) in [6.45, 7) is -0.334. The van der Waals surface area contributed by atoms with E-state index >= 15 is 0 Å². The van der Waals surface area contributed by atoms with Gasteiger partial charge in [0.1, 0.15) is 18.1 Å². The van der Waals surface area contributed by atoms with E-state index in [1.807, 2.05) is 0 Å². The number of hydrogen-bond acceptors (Lipinski definition) is 10. The number of hydroxylamine groups is 2. The monoisotopic (exact) mass is 461 g/mol. The zero-order valence-corrected chi connectivity index (χ0v) is 16.1. The molecular formula is C12H14F3N5O7S2. The number of hydrogen-bond donors (Lipinski definition) is 2. The highest BCUT2D eigenvalue weighted by Gasteiger charge is 2.52. The molecule has 0 bridgehead atoms. The lowest BCUT2D eigenvalue weighted by Crippen LogP contribution is -2.70. The number of β-lactam (4-membered cyclic amide) rings is 1. The molecule has 17 heteroatoms. The maximum atomic E-state index is 12.4. The van der Waals surface area contributed by atoms with Crippen LogP contribution in [0.1, 0.15) is 6.92 Å². The molecule has 2 heterocycles. The molecule has 12 nitrogen and oxygen atoms in total. The summed E-state index contributed by atoms with van der Waals surface area (Å²) < 4.78 is 66.4. The molecule has 0 aliphatic carbocycles. The van der Waals surface area contributed by atoms with Gasteiger partial charge in [-0.3, -0.25) is 23.9 Å². The second-order valence-corrected chi connectivity index (χ2v) is 7.84. The number of nitrogen functional groups attached to an aromatic ring is 1. The van der Waals surface area contributed by atoms with Crippen LogP contribution < -0.4 is 10.6 Å². The molecule has 1 aromatic rings. The molecule has 29 heavy (non-hydrogen) atoms. The minimum Gasteiger partial charge on any atom is -0.386 e. The number of aromatic nitrogens is 1. The molecule has 3 N–H and O–H groups in total. The normalized spacial score (nSPS) is 20.0. The van der Waals surface area contributed by atoms with Crippen LogP contribution in [-0.4, -0.2) is 71.9 Å². The molecule has 1 aliphatic rings. The number of anilines is 2. The van der Waals surface area contributed by atoms with Crippen molar-refractivity contribution in [2.75, 3.05) is 23.2 Å². The number of rotatable bonds is 8. The molecule has 0 spiro atoms. The third-order valence-corrected chi connectivity index (χ3v) is 4.44. The van der Waals surface area contributed by atoms with E-state index in [2.05, 4.69) is 19.8 Å². The maximum Gasteiger partial charge on any atom is 0.425 e. The summed E-state index contributed by atoms with van der Waals surface area (Å²) in [5.74, 6) is -3.19. The van der Waals surface area contributed by atoms with Gasteiger partial charge in [0.15, 0.2) is 5.13 Å². The number of nitrogens with zero attached hydrogens (tertiary/aromatic N) is 4.